The molecule has 20 heavy (non-hydrogen) atoms. The zero-order valence-corrected chi connectivity index (χ0v) is 12.3. The van der Waals surface area contributed by atoms with Gasteiger partial charge in [0.15, 0.2) is 0 Å². The highest BCUT2D eigenvalue weighted by Gasteiger charge is 2.18. The first-order valence-corrected chi connectivity index (χ1v) is 7.69. The molecule has 2 rings (SSSR count). The molecule has 0 bridgehead atoms. The van der Waals surface area contributed by atoms with E-state index < -0.39 is 12.0 Å². The minimum Gasteiger partial charge on any atom is -0.478 e. The van der Waals surface area contributed by atoms with Crippen LogP contribution >= 0.6 is 23.4 Å². The molecule has 2 amide bonds. The van der Waals surface area contributed by atoms with Crippen LogP contribution in [0.2, 0.25) is 5.02 Å². The lowest BCUT2D eigenvalue weighted by Gasteiger charge is -2.13. The summed E-state index contributed by atoms with van der Waals surface area (Å²) >= 11 is 7.68. The Bertz CT molecular complexity index is 518. The molecule has 1 aliphatic rings. The number of amides is 2. The number of urea groups is 1. The van der Waals surface area contributed by atoms with Gasteiger partial charge in [-0.05, 0) is 30.7 Å². The molecule has 3 N–H and O–H groups in total. The number of nitrogens with one attached hydrogen (secondary N) is 2. The lowest BCUT2D eigenvalue weighted by Crippen LogP contribution is -2.33. The molecule has 1 fully saturated rings. The highest BCUT2D eigenvalue weighted by molar-refractivity contribution is 8.00. The van der Waals surface area contributed by atoms with E-state index in [2.05, 4.69) is 10.6 Å². The second-order valence-electron chi connectivity index (χ2n) is 4.44. The van der Waals surface area contributed by atoms with Gasteiger partial charge in [-0.3, -0.25) is 0 Å². The number of hydrogen-bond donors (Lipinski definition) is 3. The van der Waals surface area contributed by atoms with Gasteiger partial charge >= 0.3 is 12.0 Å². The number of hydrogen-bond acceptors (Lipinski definition) is 3. The summed E-state index contributed by atoms with van der Waals surface area (Å²) in [6, 6.07) is 4.17. The number of benzene rings is 1. The van der Waals surface area contributed by atoms with E-state index in [4.69, 9.17) is 16.7 Å². The van der Waals surface area contributed by atoms with Crippen LogP contribution in [-0.4, -0.2) is 34.7 Å². The Morgan fingerprint density at radius 2 is 2.25 bits per heavy atom. The smallest absolute Gasteiger partial charge is 0.339 e. The maximum atomic E-state index is 11.8. The normalized spacial score (nSPS) is 17.8. The van der Waals surface area contributed by atoms with Gasteiger partial charge in [0, 0.05) is 11.8 Å². The maximum Gasteiger partial charge on any atom is 0.339 e. The molecule has 0 aromatic heterocycles. The minimum atomic E-state index is -1.17. The Labute approximate surface area is 126 Å². The summed E-state index contributed by atoms with van der Waals surface area (Å²) in [5, 5.41) is 14.9. The molecule has 0 aliphatic carbocycles. The van der Waals surface area contributed by atoms with Crippen LogP contribution in [0.15, 0.2) is 18.2 Å². The van der Waals surface area contributed by atoms with E-state index in [1.807, 2.05) is 11.8 Å². The number of aromatic carboxylic acids is 1. The van der Waals surface area contributed by atoms with Crippen LogP contribution in [0.4, 0.5) is 10.5 Å². The molecule has 7 heteroatoms. The molecule has 0 saturated carbocycles. The number of carboxylic acid groups (broad SMARTS) is 1. The van der Waals surface area contributed by atoms with Gasteiger partial charge in [-0.1, -0.05) is 17.7 Å². The predicted molar refractivity (Wildman–Crippen MR) is 80.9 cm³/mol. The summed E-state index contributed by atoms with van der Waals surface area (Å²) < 4.78 is 0. The standard InChI is InChI=1S/C13H15ClN2O3S/c14-9-4-1-5-10(11(9)12(17)18)16-13(19)15-7-8-3-2-6-20-8/h1,4-5,8H,2-3,6-7H2,(H,17,18)(H2,15,16,19). The van der Waals surface area contributed by atoms with Gasteiger partial charge in [-0.25, -0.2) is 9.59 Å². The van der Waals surface area contributed by atoms with Crippen LogP contribution < -0.4 is 10.6 Å². The van der Waals surface area contributed by atoms with Gasteiger partial charge < -0.3 is 15.7 Å². The molecule has 1 atom stereocenters. The van der Waals surface area contributed by atoms with Gasteiger partial charge in [-0.2, -0.15) is 11.8 Å². The molecule has 108 valence electrons. The number of carbonyl (C=O) groups is 2. The molecular formula is C13H15ClN2O3S. The van der Waals surface area contributed by atoms with Crippen LogP contribution in [0.3, 0.4) is 0 Å². The summed E-state index contributed by atoms with van der Waals surface area (Å²) in [6.07, 6.45) is 2.28. The quantitative estimate of drug-likeness (QED) is 0.798. The van der Waals surface area contributed by atoms with Crippen molar-refractivity contribution in [2.45, 2.75) is 18.1 Å². The van der Waals surface area contributed by atoms with Crippen molar-refractivity contribution >= 4 is 41.1 Å². The Morgan fingerprint density at radius 1 is 1.45 bits per heavy atom. The maximum absolute atomic E-state index is 11.8. The van der Waals surface area contributed by atoms with E-state index in [0.29, 0.717) is 11.8 Å². The fourth-order valence-corrected chi connectivity index (χ4v) is 3.48. The minimum absolute atomic E-state index is 0.0976. The van der Waals surface area contributed by atoms with Crippen molar-refractivity contribution in [1.82, 2.24) is 5.32 Å². The number of rotatable bonds is 4. The van der Waals surface area contributed by atoms with Crippen molar-refractivity contribution in [2.24, 2.45) is 0 Å². The molecule has 1 unspecified atom stereocenters. The fourth-order valence-electron chi connectivity index (χ4n) is 2.02. The molecule has 1 aliphatic heterocycles. The summed E-state index contributed by atoms with van der Waals surface area (Å²) in [6.45, 7) is 0.583. The van der Waals surface area contributed by atoms with E-state index in [1.165, 1.54) is 18.6 Å². The third-order valence-electron chi connectivity index (χ3n) is 2.99. The van der Waals surface area contributed by atoms with E-state index >= 15 is 0 Å². The van der Waals surface area contributed by atoms with Crippen LogP contribution in [0.1, 0.15) is 23.2 Å². The number of carboxylic acids is 1. The lowest BCUT2D eigenvalue weighted by molar-refractivity contribution is 0.0698. The summed E-state index contributed by atoms with van der Waals surface area (Å²) in [5.41, 5.74) is 0.0983. The largest absolute Gasteiger partial charge is 0.478 e. The molecule has 1 saturated heterocycles. The highest BCUT2D eigenvalue weighted by Crippen LogP contribution is 2.26. The van der Waals surface area contributed by atoms with Crippen molar-refractivity contribution in [3.63, 3.8) is 0 Å². The lowest BCUT2D eigenvalue weighted by atomic mass is 10.2. The van der Waals surface area contributed by atoms with Crippen molar-refractivity contribution in [2.75, 3.05) is 17.6 Å². The topological polar surface area (TPSA) is 78.4 Å². The molecule has 1 aromatic rings. The molecule has 0 spiro atoms. The van der Waals surface area contributed by atoms with Gasteiger partial charge in [0.05, 0.1) is 10.7 Å². The first-order valence-electron chi connectivity index (χ1n) is 6.26. The first-order chi connectivity index (χ1) is 9.58. The van der Waals surface area contributed by atoms with Crippen molar-refractivity contribution in [3.8, 4) is 0 Å². The second-order valence-corrected chi connectivity index (χ2v) is 6.25. The van der Waals surface area contributed by atoms with Crippen molar-refractivity contribution in [3.05, 3.63) is 28.8 Å². The van der Waals surface area contributed by atoms with Crippen LogP contribution in [0, 0.1) is 0 Å². The van der Waals surface area contributed by atoms with Crippen LogP contribution in [0.5, 0.6) is 0 Å². The van der Waals surface area contributed by atoms with Gasteiger partial charge in [-0.15, -0.1) is 0 Å². The van der Waals surface area contributed by atoms with Gasteiger partial charge in [0.25, 0.3) is 0 Å². The van der Waals surface area contributed by atoms with E-state index in [9.17, 15) is 9.59 Å². The number of thioether (sulfide) groups is 1. The van der Waals surface area contributed by atoms with Gasteiger partial charge in [0.1, 0.15) is 5.56 Å². The SMILES string of the molecule is O=C(NCC1CCCS1)Nc1cccc(Cl)c1C(=O)O. The van der Waals surface area contributed by atoms with Crippen molar-refractivity contribution in [1.29, 1.82) is 0 Å². The second kappa shape index (κ2) is 6.85. The molecule has 1 aromatic carbocycles. The third kappa shape index (κ3) is 3.80. The zero-order chi connectivity index (χ0) is 14.5. The predicted octanol–water partition coefficient (Wildman–Crippen LogP) is 3.06. The first kappa shape index (κ1) is 15.0. The van der Waals surface area contributed by atoms with Crippen LogP contribution in [-0.2, 0) is 0 Å². The molecular weight excluding hydrogens is 300 g/mol. The highest BCUT2D eigenvalue weighted by atomic mass is 35.5. The Balaban J connectivity index is 1.96. The average Bonchev–Trinajstić information content (AvgIpc) is 2.89. The summed E-state index contributed by atoms with van der Waals surface area (Å²) in [7, 11) is 0. The molecule has 0 radical (unpaired) electrons. The Kier molecular flexibility index (Phi) is 5.14. The van der Waals surface area contributed by atoms with Gasteiger partial charge in [0.2, 0.25) is 0 Å². The number of anilines is 1. The fraction of sp³-hybridized carbons (Fsp3) is 0.385. The van der Waals surface area contributed by atoms with E-state index in [0.717, 1.165) is 12.2 Å². The third-order valence-corrected chi connectivity index (χ3v) is 4.70. The number of carbonyl (C=O) groups excluding carboxylic acids is 1. The van der Waals surface area contributed by atoms with E-state index in [-0.39, 0.29) is 16.3 Å². The zero-order valence-electron chi connectivity index (χ0n) is 10.7. The summed E-state index contributed by atoms with van der Waals surface area (Å²) in [5.74, 6) is -0.0388. The number of halogens is 1. The average molecular weight is 315 g/mol. The summed E-state index contributed by atoms with van der Waals surface area (Å²) in [4.78, 5) is 22.9. The molecule has 1 heterocycles. The Morgan fingerprint density at radius 3 is 2.90 bits per heavy atom. The molecule has 5 nitrogen and oxygen atoms in total. The van der Waals surface area contributed by atoms with Crippen LogP contribution in [0.25, 0.3) is 0 Å². The van der Waals surface area contributed by atoms with E-state index in [1.54, 1.807) is 6.07 Å². The monoisotopic (exact) mass is 314 g/mol. The van der Waals surface area contributed by atoms with Crippen molar-refractivity contribution < 1.29 is 14.7 Å². The Hall–Kier alpha value is -1.40.